The van der Waals surface area contributed by atoms with Gasteiger partial charge in [0.1, 0.15) is 0 Å². The second-order valence-corrected chi connectivity index (χ2v) is 4.50. The lowest BCUT2D eigenvalue weighted by molar-refractivity contribution is -0.141. The van der Waals surface area contributed by atoms with E-state index < -0.39 is 11.6 Å². The van der Waals surface area contributed by atoms with Crippen LogP contribution in [0.4, 0.5) is 0 Å². The highest BCUT2D eigenvalue weighted by Crippen LogP contribution is 2.15. The predicted octanol–water partition coefficient (Wildman–Crippen LogP) is 2.57. The van der Waals surface area contributed by atoms with E-state index in [4.69, 9.17) is 10.2 Å². The molecule has 1 aliphatic rings. The quantitative estimate of drug-likeness (QED) is 0.723. The van der Waals surface area contributed by atoms with Gasteiger partial charge in [0.05, 0.1) is 12.0 Å². The zero-order valence-electron chi connectivity index (χ0n) is 9.25. The van der Waals surface area contributed by atoms with Crippen LogP contribution in [-0.4, -0.2) is 21.8 Å². The number of hydrogen-bond donors (Lipinski definition) is 2. The van der Waals surface area contributed by atoms with Crippen LogP contribution in [0.2, 0.25) is 0 Å². The maximum atomic E-state index is 9.85. The Bertz CT molecular complexity index is 143. The summed E-state index contributed by atoms with van der Waals surface area (Å²) in [5, 5.41) is 16.9. The van der Waals surface area contributed by atoms with E-state index in [-0.39, 0.29) is 6.42 Å². The molecular formula is C11H22O3. The lowest BCUT2D eigenvalue weighted by Gasteiger charge is -2.12. The summed E-state index contributed by atoms with van der Waals surface area (Å²) in [6, 6.07) is 0. The zero-order valence-corrected chi connectivity index (χ0v) is 9.25. The second kappa shape index (κ2) is 6.82. The van der Waals surface area contributed by atoms with Crippen molar-refractivity contribution in [2.24, 2.45) is 0 Å². The van der Waals surface area contributed by atoms with Crippen molar-refractivity contribution in [3.8, 4) is 0 Å². The van der Waals surface area contributed by atoms with Crippen LogP contribution in [0, 0.1) is 0 Å². The van der Waals surface area contributed by atoms with Crippen molar-refractivity contribution < 1.29 is 15.0 Å². The van der Waals surface area contributed by atoms with E-state index in [2.05, 4.69) is 0 Å². The summed E-state index contributed by atoms with van der Waals surface area (Å²) < 4.78 is 0. The Kier molecular flexibility index (Phi) is 6.54. The molecule has 0 bridgehead atoms. The number of carbonyl (C=O) groups is 1. The minimum absolute atomic E-state index is 0.201. The minimum atomic E-state index is -1.08. The molecule has 0 spiro atoms. The predicted molar refractivity (Wildman–Crippen MR) is 56.3 cm³/mol. The lowest BCUT2D eigenvalue weighted by atomic mass is 10.0. The molecule has 2 N–H and O–H groups in total. The normalized spacial score (nSPS) is 16.8. The first-order chi connectivity index (χ1) is 6.42. The lowest BCUT2D eigenvalue weighted by Crippen LogP contribution is -2.22. The Labute approximate surface area is 86.1 Å². The van der Waals surface area contributed by atoms with Gasteiger partial charge in [0, 0.05) is 0 Å². The van der Waals surface area contributed by atoms with Crippen LogP contribution in [0.5, 0.6) is 0 Å². The molecule has 0 unspecified atom stereocenters. The maximum Gasteiger partial charge on any atom is 0.306 e. The highest BCUT2D eigenvalue weighted by atomic mass is 16.4. The topological polar surface area (TPSA) is 57.5 Å². The monoisotopic (exact) mass is 202 g/mol. The van der Waals surface area contributed by atoms with Gasteiger partial charge in [0.25, 0.3) is 0 Å². The third kappa shape index (κ3) is 11.4. The number of carboxylic acids is 1. The van der Waals surface area contributed by atoms with Crippen molar-refractivity contribution in [1.82, 2.24) is 0 Å². The summed E-state index contributed by atoms with van der Waals surface area (Å²) in [5.74, 6) is -0.975. The van der Waals surface area contributed by atoms with Crippen LogP contribution in [0.25, 0.3) is 0 Å². The third-order valence-corrected chi connectivity index (χ3v) is 2.08. The molecular weight excluding hydrogens is 180 g/mol. The molecule has 0 aromatic carbocycles. The Morgan fingerprint density at radius 3 is 1.43 bits per heavy atom. The van der Waals surface area contributed by atoms with Gasteiger partial charge in [0.15, 0.2) is 0 Å². The van der Waals surface area contributed by atoms with Crippen molar-refractivity contribution in [3.63, 3.8) is 0 Å². The Morgan fingerprint density at radius 2 is 1.36 bits per heavy atom. The first-order valence-electron chi connectivity index (χ1n) is 5.36. The van der Waals surface area contributed by atoms with E-state index in [0.717, 1.165) is 0 Å². The van der Waals surface area contributed by atoms with Crippen molar-refractivity contribution in [2.45, 2.75) is 64.4 Å². The first-order valence-corrected chi connectivity index (χ1v) is 5.36. The molecule has 14 heavy (non-hydrogen) atoms. The number of carboxylic acid groups (broad SMARTS) is 1. The Hall–Kier alpha value is -0.570. The average molecular weight is 202 g/mol. The largest absolute Gasteiger partial charge is 0.481 e. The van der Waals surface area contributed by atoms with Crippen LogP contribution >= 0.6 is 0 Å². The molecule has 1 rings (SSSR count). The molecule has 84 valence electrons. The zero-order chi connectivity index (χ0) is 11.0. The molecule has 0 radical (unpaired) electrons. The summed E-state index contributed by atoms with van der Waals surface area (Å²) in [4.78, 5) is 9.85. The minimum Gasteiger partial charge on any atom is -0.481 e. The highest BCUT2D eigenvalue weighted by Gasteiger charge is 2.16. The Balaban J connectivity index is 0.000000249. The Morgan fingerprint density at radius 1 is 1.07 bits per heavy atom. The molecule has 1 fully saturated rings. The van der Waals surface area contributed by atoms with E-state index in [9.17, 15) is 4.79 Å². The van der Waals surface area contributed by atoms with E-state index in [1.54, 1.807) is 0 Å². The number of rotatable bonds is 2. The fourth-order valence-corrected chi connectivity index (χ4v) is 1.43. The molecule has 0 atom stereocenters. The van der Waals surface area contributed by atoms with Crippen molar-refractivity contribution in [1.29, 1.82) is 0 Å². The first kappa shape index (κ1) is 13.4. The van der Waals surface area contributed by atoms with Crippen LogP contribution < -0.4 is 0 Å². The second-order valence-electron chi connectivity index (χ2n) is 4.50. The smallest absolute Gasteiger partial charge is 0.306 e. The molecule has 0 heterocycles. The maximum absolute atomic E-state index is 9.85. The van der Waals surface area contributed by atoms with Gasteiger partial charge in [-0.15, -0.1) is 0 Å². The van der Waals surface area contributed by atoms with Gasteiger partial charge in [-0.1, -0.05) is 38.5 Å². The summed E-state index contributed by atoms with van der Waals surface area (Å²) >= 11 is 0. The molecule has 0 saturated heterocycles. The summed E-state index contributed by atoms with van der Waals surface area (Å²) in [6.45, 7) is 2.92. The molecule has 0 aliphatic heterocycles. The molecule has 0 amide bonds. The van der Waals surface area contributed by atoms with Gasteiger partial charge in [0.2, 0.25) is 0 Å². The van der Waals surface area contributed by atoms with Gasteiger partial charge in [-0.25, -0.2) is 0 Å². The van der Waals surface area contributed by atoms with E-state index in [1.807, 2.05) is 0 Å². The van der Waals surface area contributed by atoms with Gasteiger partial charge in [-0.05, 0) is 13.8 Å². The highest BCUT2D eigenvalue weighted by molar-refractivity contribution is 5.67. The third-order valence-electron chi connectivity index (χ3n) is 2.08. The molecule has 3 heteroatoms. The van der Waals surface area contributed by atoms with Gasteiger partial charge in [-0.2, -0.15) is 0 Å². The van der Waals surface area contributed by atoms with Crippen LogP contribution in [0.15, 0.2) is 0 Å². The standard InChI is InChI=1S/C6H12.C5H10O3/c1-2-4-6-5-3-1;1-5(2,8)3-4(6)7/h1-6H2;8H,3H2,1-2H3,(H,6,7). The van der Waals surface area contributed by atoms with Crippen LogP contribution in [0.3, 0.4) is 0 Å². The molecule has 1 saturated carbocycles. The van der Waals surface area contributed by atoms with Crippen LogP contribution in [0.1, 0.15) is 58.8 Å². The average Bonchev–Trinajstić information content (AvgIpc) is 2.03. The summed E-state index contributed by atoms with van der Waals surface area (Å²) in [5.41, 5.74) is -1.08. The van der Waals surface area contributed by atoms with Gasteiger partial charge >= 0.3 is 5.97 Å². The molecule has 1 aliphatic carbocycles. The number of aliphatic carboxylic acids is 1. The van der Waals surface area contributed by atoms with Crippen molar-refractivity contribution in [2.75, 3.05) is 0 Å². The van der Waals surface area contributed by atoms with Crippen LogP contribution in [-0.2, 0) is 4.79 Å². The van der Waals surface area contributed by atoms with E-state index >= 15 is 0 Å². The van der Waals surface area contributed by atoms with Crippen molar-refractivity contribution in [3.05, 3.63) is 0 Å². The summed E-state index contributed by atoms with van der Waals surface area (Å²) in [6.07, 6.45) is 8.80. The number of hydrogen-bond acceptors (Lipinski definition) is 2. The van der Waals surface area contributed by atoms with E-state index in [1.165, 1.54) is 52.4 Å². The molecule has 0 aromatic rings. The number of aliphatic hydroxyl groups is 1. The molecule has 0 aromatic heterocycles. The van der Waals surface area contributed by atoms with E-state index in [0.29, 0.717) is 0 Å². The SMILES string of the molecule is C1CCCCC1.CC(C)(O)CC(=O)O. The summed E-state index contributed by atoms with van der Waals surface area (Å²) in [7, 11) is 0. The fraction of sp³-hybridized carbons (Fsp3) is 0.909. The van der Waals surface area contributed by atoms with Crippen molar-refractivity contribution >= 4 is 5.97 Å². The molecule has 3 nitrogen and oxygen atoms in total. The van der Waals surface area contributed by atoms with Gasteiger partial charge < -0.3 is 10.2 Å². The fourth-order valence-electron chi connectivity index (χ4n) is 1.43. The van der Waals surface area contributed by atoms with Gasteiger partial charge in [-0.3, -0.25) is 4.79 Å².